The van der Waals surface area contributed by atoms with Crippen LogP contribution in [0.2, 0.25) is 0 Å². The molecule has 0 aliphatic heterocycles. The van der Waals surface area contributed by atoms with E-state index in [0.29, 0.717) is 0 Å². The minimum atomic E-state index is -0.123. The van der Waals surface area contributed by atoms with E-state index in [9.17, 15) is 4.79 Å². The SMILES string of the molecule is CC/C(C)=C/NC(=O)NC(C)CC. The van der Waals surface area contributed by atoms with Gasteiger partial charge in [0.2, 0.25) is 0 Å². The van der Waals surface area contributed by atoms with Crippen molar-refractivity contribution in [2.75, 3.05) is 0 Å². The number of carbonyl (C=O) groups is 1. The van der Waals surface area contributed by atoms with Crippen LogP contribution in [0.4, 0.5) is 4.79 Å². The van der Waals surface area contributed by atoms with Crippen LogP contribution in [-0.2, 0) is 0 Å². The molecule has 0 bridgehead atoms. The zero-order valence-corrected chi connectivity index (χ0v) is 8.98. The van der Waals surface area contributed by atoms with Gasteiger partial charge in [0, 0.05) is 12.2 Å². The molecular formula is C10H20N2O. The molecule has 1 atom stereocenters. The number of hydrogen-bond donors (Lipinski definition) is 2. The number of urea groups is 1. The highest BCUT2D eigenvalue weighted by atomic mass is 16.2. The Morgan fingerprint density at radius 3 is 2.54 bits per heavy atom. The normalized spacial score (nSPS) is 13.7. The van der Waals surface area contributed by atoms with Gasteiger partial charge in [-0.1, -0.05) is 19.4 Å². The molecule has 0 spiro atoms. The van der Waals surface area contributed by atoms with E-state index in [4.69, 9.17) is 0 Å². The van der Waals surface area contributed by atoms with Crippen molar-refractivity contribution < 1.29 is 4.79 Å². The monoisotopic (exact) mass is 184 g/mol. The standard InChI is InChI=1S/C10H20N2O/c1-5-8(3)7-11-10(13)12-9(4)6-2/h7,9H,5-6H2,1-4H3,(H2,11,12,13)/b8-7+. The van der Waals surface area contributed by atoms with Gasteiger partial charge < -0.3 is 10.6 Å². The maximum atomic E-state index is 11.2. The lowest BCUT2D eigenvalue weighted by molar-refractivity contribution is 0.240. The zero-order chi connectivity index (χ0) is 10.3. The third-order valence-electron chi connectivity index (χ3n) is 2.00. The summed E-state index contributed by atoms with van der Waals surface area (Å²) < 4.78 is 0. The first-order valence-corrected chi connectivity index (χ1v) is 4.82. The average Bonchev–Trinajstić information content (AvgIpc) is 2.13. The molecule has 1 unspecified atom stereocenters. The number of amides is 2. The molecule has 2 N–H and O–H groups in total. The Morgan fingerprint density at radius 1 is 1.46 bits per heavy atom. The van der Waals surface area contributed by atoms with Crippen LogP contribution in [-0.4, -0.2) is 12.1 Å². The Hall–Kier alpha value is -0.990. The molecule has 0 aromatic heterocycles. The molecule has 3 heteroatoms. The van der Waals surface area contributed by atoms with Crippen LogP contribution in [0.3, 0.4) is 0 Å². The number of hydrogen-bond acceptors (Lipinski definition) is 1. The van der Waals surface area contributed by atoms with Crippen molar-refractivity contribution in [3.63, 3.8) is 0 Å². The van der Waals surface area contributed by atoms with E-state index in [2.05, 4.69) is 17.6 Å². The van der Waals surface area contributed by atoms with Crippen molar-refractivity contribution >= 4 is 6.03 Å². The summed E-state index contributed by atoms with van der Waals surface area (Å²) in [5, 5.41) is 5.50. The Balaban J connectivity index is 3.75. The van der Waals surface area contributed by atoms with Crippen LogP contribution in [0.1, 0.15) is 40.5 Å². The minimum Gasteiger partial charge on any atom is -0.335 e. The fourth-order valence-corrected chi connectivity index (χ4v) is 0.658. The van der Waals surface area contributed by atoms with Gasteiger partial charge in [0.1, 0.15) is 0 Å². The smallest absolute Gasteiger partial charge is 0.318 e. The lowest BCUT2D eigenvalue weighted by atomic mass is 10.2. The Bertz CT molecular complexity index is 187. The van der Waals surface area contributed by atoms with Gasteiger partial charge in [0.05, 0.1) is 0 Å². The van der Waals surface area contributed by atoms with Crippen LogP contribution >= 0.6 is 0 Å². The van der Waals surface area contributed by atoms with Crippen molar-refractivity contribution in [1.29, 1.82) is 0 Å². The summed E-state index contributed by atoms with van der Waals surface area (Å²) in [7, 11) is 0. The number of carbonyl (C=O) groups excluding carboxylic acids is 1. The Morgan fingerprint density at radius 2 is 2.08 bits per heavy atom. The molecule has 0 aromatic rings. The molecule has 0 aromatic carbocycles. The lowest BCUT2D eigenvalue weighted by Gasteiger charge is -2.10. The molecule has 13 heavy (non-hydrogen) atoms. The summed E-state index contributed by atoms with van der Waals surface area (Å²) in [6, 6.07) is 0.109. The third-order valence-corrected chi connectivity index (χ3v) is 2.00. The second-order valence-corrected chi connectivity index (χ2v) is 3.27. The molecule has 0 saturated carbocycles. The predicted molar refractivity (Wildman–Crippen MR) is 55.5 cm³/mol. The van der Waals surface area contributed by atoms with Crippen molar-refractivity contribution in [2.24, 2.45) is 0 Å². The minimum absolute atomic E-state index is 0.123. The van der Waals surface area contributed by atoms with Crippen molar-refractivity contribution in [1.82, 2.24) is 10.6 Å². The summed E-state index contributed by atoms with van der Waals surface area (Å²) in [5.74, 6) is 0. The maximum Gasteiger partial charge on any atom is 0.318 e. The van der Waals surface area contributed by atoms with Crippen LogP contribution < -0.4 is 10.6 Å². The quantitative estimate of drug-likeness (QED) is 0.692. The van der Waals surface area contributed by atoms with E-state index in [0.717, 1.165) is 12.8 Å². The molecule has 2 amide bonds. The Kier molecular flexibility index (Phi) is 6.02. The zero-order valence-electron chi connectivity index (χ0n) is 8.98. The molecule has 0 fully saturated rings. The molecule has 3 nitrogen and oxygen atoms in total. The van der Waals surface area contributed by atoms with Crippen LogP contribution in [0, 0.1) is 0 Å². The van der Waals surface area contributed by atoms with E-state index in [-0.39, 0.29) is 12.1 Å². The predicted octanol–water partition coefficient (Wildman–Crippen LogP) is 2.40. The first-order chi connectivity index (χ1) is 6.10. The van der Waals surface area contributed by atoms with Crippen molar-refractivity contribution in [3.05, 3.63) is 11.8 Å². The maximum absolute atomic E-state index is 11.2. The third kappa shape index (κ3) is 6.20. The summed E-state index contributed by atoms with van der Waals surface area (Å²) in [4.78, 5) is 11.2. The number of nitrogens with one attached hydrogen (secondary N) is 2. The van der Waals surface area contributed by atoms with E-state index < -0.39 is 0 Å². The molecule has 0 aliphatic rings. The highest BCUT2D eigenvalue weighted by molar-refractivity contribution is 5.75. The van der Waals surface area contributed by atoms with Gasteiger partial charge in [-0.15, -0.1) is 0 Å². The molecule has 0 heterocycles. The van der Waals surface area contributed by atoms with Gasteiger partial charge in [0.15, 0.2) is 0 Å². The highest BCUT2D eigenvalue weighted by Crippen LogP contribution is 1.94. The topological polar surface area (TPSA) is 41.1 Å². The van der Waals surface area contributed by atoms with Gasteiger partial charge in [0.25, 0.3) is 0 Å². The molecular weight excluding hydrogens is 164 g/mol. The van der Waals surface area contributed by atoms with Gasteiger partial charge in [-0.3, -0.25) is 0 Å². The second-order valence-electron chi connectivity index (χ2n) is 3.27. The summed E-state index contributed by atoms with van der Waals surface area (Å²) >= 11 is 0. The van der Waals surface area contributed by atoms with Crippen LogP contribution in [0.25, 0.3) is 0 Å². The fourth-order valence-electron chi connectivity index (χ4n) is 0.658. The molecule has 0 saturated heterocycles. The van der Waals surface area contributed by atoms with Gasteiger partial charge in [-0.05, 0) is 26.7 Å². The van der Waals surface area contributed by atoms with Crippen LogP contribution in [0.15, 0.2) is 11.8 Å². The van der Waals surface area contributed by atoms with E-state index in [1.165, 1.54) is 5.57 Å². The fraction of sp³-hybridized carbons (Fsp3) is 0.700. The van der Waals surface area contributed by atoms with Gasteiger partial charge in [-0.2, -0.15) is 0 Å². The lowest BCUT2D eigenvalue weighted by Crippen LogP contribution is -2.38. The first kappa shape index (κ1) is 12.0. The summed E-state index contributed by atoms with van der Waals surface area (Å²) in [5.41, 5.74) is 1.17. The van der Waals surface area contributed by atoms with E-state index in [1.807, 2.05) is 20.8 Å². The van der Waals surface area contributed by atoms with Crippen molar-refractivity contribution in [2.45, 2.75) is 46.6 Å². The number of allylic oxidation sites excluding steroid dienone is 1. The first-order valence-electron chi connectivity index (χ1n) is 4.82. The van der Waals surface area contributed by atoms with E-state index in [1.54, 1.807) is 6.20 Å². The molecule has 0 rings (SSSR count). The largest absolute Gasteiger partial charge is 0.335 e. The summed E-state index contributed by atoms with van der Waals surface area (Å²) in [6.45, 7) is 8.07. The Labute approximate surface area is 80.6 Å². The molecule has 0 radical (unpaired) electrons. The summed E-state index contributed by atoms with van der Waals surface area (Å²) in [6.07, 6.45) is 3.66. The van der Waals surface area contributed by atoms with Crippen molar-refractivity contribution in [3.8, 4) is 0 Å². The number of rotatable bonds is 4. The molecule has 0 aliphatic carbocycles. The molecule has 76 valence electrons. The van der Waals surface area contributed by atoms with Gasteiger partial charge in [-0.25, -0.2) is 4.79 Å². The second kappa shape index (κ2) is 6.52. The van der Waals surface area contributed by atoms with Crippen LogP contribution in [0.5, 0.6) is 0 Å². The van der Waals surface area contributed by atoms with E-state index >= 15 is 0 Å². The average molecular weight is 184 g/mol. The highest BCUT2D eigenvalue weighted by Gasteiger charge is 2.01. The van der Waals surface area contributed by atoms with Gasteiger partial charge >= 0.3 is 6.03 Å².